The molecule has 1 N–H and O–H groups in total. The largest absolute Gasteiger partial charge is 0.331 e. The second-order valence-electron chi connectivity index (χ2n) is 7.65. The molecule has 0 aliphatic carbocycles. The Hall–Kier alpha value is -2.84. The molecule has 1 heterocycles. The van der Waals surface area contributed by atoms with Gasteiger partial charge in [0.1, 0.15) is 0 Å². The van der Waals surface area contributed by atoms with Gasteiger partial charge in [0.15, 0.2) is 0 Å². The molecule has 0 unspecified atom stereocenters. The van der Waals surface area contributed by atoms with E-state index in [2.05, 4.69) is 42.3 Å². The van der Waals surface area contributed by atoms with Crippen LogP contribution in [0.15, 0.2) is 54.6 Å². The van der Waals surface area contributed by atoms with Crippen molar-refractivity contribution in [2.45, 2.75) is 26.4 Å². The highest BCUT2D eigenvalue weighted by molar-refractivity contribution is 5.75. The van der Waals surface area contributed by atoms with E-state index in [1.54, 1.807) is 0 Å². The van der Waals surface area contributed by atoms with E-state index in [4.69, 9.17) is 5.26 Å². The van der Waals surface area contributed by atoms with Crippen molar-refractivity contribution in [1.29, 1.82) is 5.26 Å². The van der Waals surface area contributed by atoms with Crippen LogP contribution < -0.4 is 5.32 Å². The summed E-state index contributed by atoms with van der Waals surface area (Å²) < 4.78 is 0. The molecule has 0 aromatic heterocycles. The maximum absolute atomic E-state index is 12.8. The maximum atomic E-state index is 12.8. The predicted molar refractivity (Wildman–Crippen MR) is 111 cm³/mol. The number of carbonyl (C=O) groups is 1. The number of nitrogens with one attached hydrogen (secondary N) is 1. The number of amides is 2. The highest BCUT2D eigenvalue weighted by atomic mass is 16.2. The summed E-state index contributed by atoms with van der Waals surface area (Å²) in [5.41, 5.74) is 3.02. The van der Waals surface area contributed by atoms with E-state index in [0.29, 0.717) is 11.5 Å². The number of benzene rings is 2. The van der Waals surface area contributed by atoms with Crippen LogP contribution in [0.3, 0.4) is 0 Å². The summed E-state index contributed by atoms with van der Waals surface area (Å²) in [6.45, 7) is 8.26. The molecule has 0 spiro atoms. The lowest BCUT2D eigenvalue weighted by molar-refractivity contribution is 0.131. The molecule has 2 amide bonds. The molecular weight excluding hydrogens is 348 g/mol. The van der Waals surface area contributed by atoms with Gasteiger partial charge in [-0.05, 0) is 29.2 Å². The fourth-order valence-corrected chi connectivity index (χ4v) is 3.57. The van der Waals surface area contributed by atoms with Gasteiger partial charge in [-0.15, -0.1) is 0 Å². The molecule has 5 heteroatoms. The summed E-state index contributed by atoms with van der Waals surface area (Å²) in [7, 11) is 0. The van der Waals surface area contributed by atoms with E-state index in [1.807, 2.05) is 47.4 Å². The van der Waals surface area contributed by atoms with Crippen molar-refractivity contribution in [3.8, 4) is 6.07 Å². The molecule has 28 heavy (non-hydrogen) atoms. The van der Waals surface area contributed by atoms with Gasteiger partial charge in [0.05, 0.1) is 17.7 Å². The van der Waals surface area contributed by atoms with E-state index in [0.717, 1.165) is 38.3 Å². The van der Waals surface area contributed by atoms with Gasteiger partial charge in [-0.25, -0.2) is 4.79 Å². The first kappa shape index (κ1) is 19.9. The minimum absolute atomic E-state index is 0.0144. The maximum Gasteiger partial charge on any atom is 0.317 e. The molecule has 1 fully saturated rings. The molecule has 0 saturated carbocycles. The zero-order valence-corrected chi connectivity index (χ0v) is 16.6. The Morgan fingerprint density at radius 1 is 1.04 bits per heavy atom. The topological polar surface area (TPSA) is 59.4 Å². The third kappa shape index (κ3) is 5.11. The van der Waals surface area contributed by atoms with E-state index >= 15 is 0 Å². The summed E-state index contributed by atoms with van der Waals surface area (Å²) in [5.74, 6) is 0.323. The normalized spacial score (nSPS) is 15.9. The Bertz CT molecular complexity index is 803. The first-order valence-corrected chi connectivity index (χ1v) is 9.88. The number of nitriles is 1. The van der Waals surface area contributed by atoms with Crippen molar-refractivity contribution >= 4 is 6.03 Å². The van der Waals surface area contributed by atoms with Crippen LogP contribution in [0, 0.1) is 17.2 Å². The van der Waals surface area contributed by atoms with Gasteiger partial charge in [0.2, 0.25) is 0 Å². The molecular formula is C23H28N4O. The Labute approximate surface area is 167 Å². The van der Waals surface area contributed by atoms with Crippen molar-refractivity contribution in [1.82, 2.24) is 15.1 Å². The molecule has 0 bridgehead atoms. The number of urea groups is 1. The monoisotopic (exact) mass is 376 g/mol. The lowest BCUT2D eigenvalue weighted by Gasteiger charge is -2.36. The summed E-state index contributed by atoms with van der Waals surface area (Å²) in [4.78, 5) is 17.0. The lowest BCUT2D eigenvalue weighted by atomic mass is 9.96. The smallest absolute Gasteiger partial charge is 0.317 e. The van der Waals surface area contributed by atoms with Gasteiger partial charge in [0, 0.05) is 32.7 Å². The zero-order chi connectivity index (χ0) is 19.9. The van der Waals surface area contributed by atoms with Crippen molar-refractivity contribution in [2.75, 3.05) is 26.2 Å². The number of nitrogens with zero attached hydrogens (tertiary/aromatic N) is 3. The van der Waals surface area contributed by atoms with E-state index < -0.39 is 0 Å². The van der Waals surface area contributed by atoms with Crippen LogP contribution in [0.2, 0.25) is 0 Å². The van der Waals surface area contributed by atoms with Crippen LogP contribution in [0.25, 0.3) is 0 Å². The minimum atomic E-state index is 0.0144. The van der Waals surface area contributed by atoms with E-state index in [9.17, 15) is 4.79 Å². The molecule has 2 aromatic carbocycles. The lowest BCUT2D eigenvalue weighted by Crippen LogP contribution is -2.52. The number of hydrogen-bond donors (Lipinski definition) is 1. The highest BCUT2D eigenvalue weighted by Gasteiger charge is 2.25. The SMILES string of the molecule is CC(C)[C@@H](NC(=O)N1CCN(Cc2ccc(C#N)cc2)CC1)c1ccccc1. The van der Waals surface area contributed by atoms with Crippen LogP contribution in [-0.2, 0) is 6.54 Å². The Kier molecular flexibility index (Phi) is 6.67. The minimum Gasteiger partial charge on any atom is -0.331 e. The fourth-order valence-electron chi connectivity index (χ4n) is 3.57. The quantitative estimate of drug-likeness (QED) is 0.864. The standard InChI is InChI=1S/C23H28N4O/c1-18(2)22(21-6-4-3-5-7-21)25-23(28)27-14-12-26(13-15-27)17-20-10-8-19(16-24)9-11-20/h3-11,18,22H,12-15,17H2,1-2H3,(H,25,28)/t22-/m1/s1. The molecule has 5 nitrogen and oxygen atoms in total. The highest BCUT2D eigenvalue weighted by Crippen LogP contribution is 2.22. The molecule has 1 saturated heterocycles. The third-order valence-electron chi connectivity index (χ3n) is 5.25. The van der Waals surface area contributed by atoms with Crippen molar-refractivity contribution in [3.63, 3.8) is 0 Å². The summed E-state index contributed by atoms with van der Waals surface area (Å²) in [5, 5.41) is 12.1. The second-order valence-corrected chi connectivity index (χ2v) is 7.65. The van der Waals surface area contributed by atoms with Gasteiger partial charge in [-0.3, -0.25) is 4.90 Å². The van der Waals surface area contributed by atoms with E-state index in [1.165, 1.54) is 5.56 Å². The number of hydrogen-bond acceptors (Lipinski definition) is 3. The summed E-state index contributed by atoms with van der Waals surface area (Å²) in [6, 6.07) is 20.1. The van der Waals surface area contributed by atoms with E-state index in [-0.39, 0.29) is 12.1 Å². The first-order valence-electron chi connectivity index (χ1n) is 9.88. The predicted octanol–water partition coefficient (Wildman–Crippen LogP) is 3.78. The van der Waals surface area contributed by atoms with Gasteiger partial charge in [-0.1, -0.05) is 56.3 Å². The van der Waals surface area contributed by atoms with Crippen LogP contribution in [-0.4, -0.2) is 42.0 Å². The van der Waals surface area contributed by atoms with Crippen LogP contribution in [0.5, 0.6) is 0 Å². The number of carbonyl (C=O) groups excluding carboxylic acids is 1. The second kappa shape index (κ2) is 9.38. The number of rotatable bonds is 5. The molecule has 1 aliphatic rings. The fraction of sp³-hybridized carbons (Fsp3) is 0.391. The molecule has 1 atom stereocenters. The summed E-state index contributed by atoms with van der Waals surface area (Å²) >= 11 is 0. The third-order valence-corrected chi connectivity index (χ3v) is 5.25. The summed E-state index contributed by atoms with van der Waals surface area (Å²) in [6.07, 6.45) is 0. The Morgan fingerprint density at radius 3 is 2.25 bits per heavy atom. The first-order chi connectivity index (χ1) is 13.6. The Balaban J connectivity index is 1.52. The van der Waals surface area contributed by atoms with Gasteiger partial charge < -0.3 is 10.2 Å². The Morgan fingerprint density at radius 2 is 1.68 bits per heavy atom. The zero-order valence-electron chi connectivity index (χ0n) is 16.6. The van der Waals surface area contributed by atoms with Crippen LogP contribution in [0.1, 0.15) is 36.6 Å². The van der Waals surface area contributed by atoms with Crippen LogP contribution >= 0.6 is 0 Å². The molecule has 0 radical (unpaired) electrons. The number of piperazine rings is 1. The average molecular weight is 377 g/mol. The molecule has 1 aliphatic heterocycles. The van der Waals surface area contributed by atoms with Crippen molar-refractivity contribution in [3.05, 3.63) is 71.3 Å². The van der Waals surface area contributed by atoms with Crippen LogP contribution in [0.4, 0.5) is 4.79 Å². The van der Waals surface area contributed by atoms with Gasteiger partial charge in [0.25, 0.3) is 0 Å². The van der Waals surface area contributed by atoms with Crippen molar-refractivity contribution < 1.29 is 4.79 Å². The molecule has 2 aromatic rings. The van der Waals surface area contributed by atoms with Gasteiger partial charge >= 0.3 is 6.03 Å². The van der Waals surface area contributed by atoms with Crippen molar-refractivity contribution in [2.24, 2.45) is 5.92 Å². The average Bonchev–Trinajstić information content (AvgIpc) is 2.73. The molecule has 146 valence electrons. The van der Waals surface area contributed by atoms with Gasteiger partial charge in [-0.2, -0.15) is 5.26 Å². The molecule has 3 rings (SSSR count).